The van der Waals surface area contributed by atoms with Gasteiger partial charge in [0.25, 0.3) is 0 Å². The minimum absolute atomic E-state index is 0.0683. The number of halogens is 2. The number of nitrogens with zero attached hydrogens (tertiary/aromatic N) is 4. The average Bonchev–Trinajstić information content (AvgIpc) is 3.23. The summed E-state index contributed by atoms with van der Waals surface area (Å²) in [6.07, 6.45) is 4.56. The lowest BCUT2D eigenvalue weighted by Crippen LogP contribution is -2.27. The molecule has 0 spiro atoms. The van der Waals surface area contributed by atoms with E-state index in [9.17, 15) is 18.9 Å². The van der Waals surface area contributed by atoms with Gasteiger partial charge in [0.1, 0.15) is 11.6 Å². The van der Waals surface area contributed by atoms with Gasteiger partial charge < -0.3 is 0 Å². The largest absolute Gasteiger partial charge is 0.299 e. The summed E-state index contributed by atoms with van der Waals surface area (Å²) in [7, 11) is 0. The Balaban J connectivity index is 1.82. The lowest BCUT2D eigenvalue weighted by Gasteiger charge is -2.22. The zero-order valence-electron chi connectivity index (χ0n) is 12.8. The summed E-state index contributed by atoms with van der Waals surface area (Å²) < 4.78 is 28.9. The van der Waals surface area contributed by atoms with Crippen molar-refractivity contribution in [3.8, 4) is 0 Å². The van der Waals surface area contributed by atoms with E-state index in [1.807, 2.05) is 0 Å². The fourth-order valence-corrected chi connectivity index (χ4v) is 4.25. The Morgan fingerprint density at radius 3 is 2.96 bits per heavy atom. The van der Waals surface area contributed by atoms with E-state index in [0.29, 0.717) is 12.4 Å². The first kappa shape index (κ1) is 15.2. The fraction of sp³-hybridized carbons (Fsp3) is 0.438. The smallest absolute Gasteiger partial charge is 0.181 e. The maximum Gasteiger partial charge on any atom is 0.181 e. The number of benzene rings is 1. The molecule has 2 aliphatic rings. The highest BCUT2D eigenvalue weighted by Gasteiger charge is 2.48. The Hall–Kier alpha value is -2.35. The van der Waals surface area contributed by atoms with Crippen molar-refractivity contribution in [2.75, 3.05) is 13.1 Å². The molecule has 0 saturated carbocycles. The molecular weight excluding hydrogens is 318 g/mol. The zero-order valence-corrected chi connectivity index (χ0v) is 12.8. The van der Waals surface area contributed by atoms with Crippen LogP contribution in [0.3, 0.4) is 0 Å². The van der Waals surface area contributed by atoms with E-state index in [1.54, 1.807) is 0 Å². The van der Waals surface area contributed by atoms with Gasteiger partial charge in [-0.3, -0.25) is 4.90 Å². The summed E-state index contributed by atoms with van der Waals surface area (Å²) in [5.41, 5.74) is 0.271. The maximum absolute atomic E-state index is 14.3. The molecule has 6 nitrogen and oxygen atoms in total. The lowest BCUT2D eigenvalue weighted by atomic mass is 9.83. The summed E-state index contributed by atoms with van der Waals surface area (Å²) in [4.78, 5) is 17.7. The first-order valence-corrected chi connectivity index (χ1v) is 7.93. The van der Waals surface area contributed by atoms with Crippen LogP contribution < -0.4 is 0 Å². The molecule has 3 atom stereocenters. The summed E-state index contributed by atoms with van der Waals surface area (Å²) in [6, 6.07) is 3.47. The molecule has 1 aromatic heterocycles. The van der Waals surface area contributed by atoms with Crippen LogP contribution in [0.1, 0.15) is 36.1 Å². The van der Waals surface area contributed by atoms with Gasteiger partial charge in [-0.15, -0.1) is 0 Å². The number of hydrogen-bond donors (Lipinski definition) is 0. The summed E-state index contributed by atoms with van der Waals surface area (Å²) >= 11 is 0. The third-order valence-electron chi connectivity index (χ3n) is 5.17. The van der Waals surface area contributed by atoms with Gasteiger partial charge in [-0.1, -0.05) is 4.68 Å². The van der Waals surface area contributed by atoms with E-state index in [-0.39, 0.29) is 23.4 Å². The third kappa shape index (κ3) is 2.29. The normalized spacial score (nSPS) is 26.7. The molecule has 24 heavy (non-hydrogen) atoms. The van der Waals surface area contributed by atoms with Gasteiger partial charge in [-0.25, -0.2) is 23.9 Å². The first-order chi connectivity index (χ1) is 11.6. The van der Waals surface area contributed by atoms with E-state index in [0.717, 1.165) is 36.2 Å². The molecule has 126 valence electrons. The van der Waals surface area contributed by atoms with Gasteiger partial charge in [0.2, 0.25) is 0 Å². The van der Waals surface area contributed by atoms with Gasteiger partial charge in [0.15, 0.2) is 10.9 Å². The Bertz CT molecular complexity index is 794. The van der Waals surface area contributed by atoms with E-state index in [1.165, 1.54) is 18.5 Å². The molecule has 0 amide bonds. The van der Waals surface area contributed by atoms with E-state index < -0.39 is 16.7 Å². The van der Waals surface area contributed by atoms with Crippen LogP contribution in [0.25, 0.3) is 0 Å². The maximum atomic E-state index is 14.3. The molecule has 2 saturated heterocycles. The van der Waals surface area contributed by atoms with Crippen molar-refractivity contribution in [2.45, 2.75) is 30.7 Å². The van der Waals surface area contributed by atoms with Crippen molar-refractivity contribution in [1.29, 1.82) is 0 Å². The third-order valence-corrected chi connectivity index (χ3v) is 5.17. The molecule has 0 N–H and O–H groups in total. The first-order valence-electron chi connectivity index (χ1n) is 7.93. The van der Waals surface area contributed by atoms with Crippen LogP contribution in [0.4, 0.5) is 8.78 Å². The Kier molecular flexibility index (Phi) is 3.56. The molecule has 0 aliphatic carbocycles. The van der Waals surface area contributed by atoms with Crippen molar-refractivity contribution in [3.63, 3.8) is 0 Å². The summed E-state index contributed by atoms with van der Waals surface area (Å²) in [6.45, 7) is 1.42. The van der Waals surface area contributed by atoms with E-state index in [4.69, 9.17) is 0 Å². The second-order valence-electron chi connectivity index (χ2n) is 6.37. The van der Waals surface area contributed by atoms with Crippen LogP contribution in [0.15, 0.2) is 30.6 Å². The van der Waals surface area contributed by atoms with Crippen molar-refractivity contribution in [3.05, 3.63) is 63.7 Å². The average molecular weight is 334 g/mol. The topological polar surface area (TPSA) is 64.2 Å². The molecule has 0 radical (unpaired) electrons. The Morgan fingerprint density at radius 2 is 2.17 bits per heavy atom. The quantitative estimate of drug-likeness (QED) is 0.639. The number of aromatic nitrogens is 2. The summed E-state index contributed by atoms with van der Waals surface area (Å²) in [5, 5.41) is 10.7. The van der Waals surface area contributed by atoms with Crippen LogP contribution in [0, 0.1) is 21.7 Å². The monoisotopic (exact) mass is 334 g/mol. The number of rotatable bonds is 3. The van der Waals surface area contributed by atoms with Gasteiger partial charge >= 0.3 is 0 Å². The number of fused-ring (bicyclic) bond motifs is 1. The highest BCUT2D eigenvalue weighted by atomic mass is 19.1. The number of imidazole rings is 1. The van der Waals surface area contributed by atoms with Crippen molar-refractivity contribution < 1.29 is 13.8 Å². The minimum Gasteiger partial charge on any atom is -0.299 e. The number of nitro groups is 1. The predicted octanol–water partition coefficient (Wildman–Crippen LogP) is 2.55. The lowest BCUT2D eigenvalue weighted by molar-refractivity contribution is -0.544. The molecule has 4 rings (SSSR count). The van der Waals surface area contributed by atoms with Crippen LogP contribution in [0.2, 0.25) is 0 Å². The van der Waals surface area contributed by atoms with E-state index in [2.05, 4.69) is 9.88 Å². The zero-order chi connectivity index (χ0) is 16.8. The number of hydrogen-bond acceptors (Lipinski definition) is 4. The van der Waals surface area contributed by atoms with Crippen LogP contribution >= 0.6 is 0 Å². The molecule has 2 aliphatic heterocycles. The molecule has 0 bridgehead atoms. The molecule has 3 unspecified atom stereocenters. The van der Waals surface area contributed by atoms with Gasteiger partial charge in [-0.2, -0.15) is 0 Å². The van der Waals surface area contributed by atoms with Gasteiger partial charge in [0, 0.05) is 24.4 Å². The van der Waals surface area contributed by atoms with Crippen LogP contribution in [-0.2, 0) is 0 Å². The molecule has 3 heterocycles. The Morgan fingerprint density at radius 1 is 1.33 bits per heavy atom. The molecule has 8 heteroatoms. The van der Waals surface area contributed by atoms with Gasteiger partial charge in [-0.05, 0) is 43.1 Å². The predicted molar refractivity (Wildman–Crippen MR) is 81.1 cm³/mol. The molecule has 2 fully saturated rings. The highest BCUT2D eigenvalue weighted by molar-refractivity contribution is 5.30. The van der Waals surface area contributed by atoms with Crippen molar-refractivity contribution >= 4 is 0 Å². The summed E-state index contributed by atoms with van der Waals surface area (Å²) in [5.74, 6) is -1.36. The standard InChI is InChI=1S/C16H16F2N4O2/c17-10-3-4-13(18)11(8-10)12-9-20-6-1-2-14(20)15(12)16-19-5-7-21(16)22(23)24/h3-5,7-8,12,14-15H,1-2,6,9H2. The van der Waals surface area contributed by atoms with Crippen molar-refractivity contribution in [2.24, 2.45) is 0 Å². The van der Waals surface area contributed by atoms with Gasteiger partial charge in [0.05, 0.1) is 12.4 Å². The SMILES string of the molecule is O=[N+]([O-])n1ccnc1C1C(c2cc(F)ccc2F)CN2CCCC12. The van der Waals surface area contributed by atoms with Crippen LogP contribution in [-0.4, -0.2) is 38.7 Å². The minimum atomic E-state index is -0.529. The molecule has 1 aromatic carbocycles. The van der Waals surface area contributed by atoms with Crippen LogP contribution in [0.5, 0.6) is 0 Å². The van der Waals surface area contributed by atoms with Crippen molar-refractivity contribution in [1.82, 2.24) is 14.6 Å². The highest BCUT2D eigenvalue weighted by Crippen LogP contribution is 2.47. The molecule has 2 aromatic rings. The van der Waals surface area contributed by atoms with E-state index >= 15 is 0 Å². The second kappa shape index (κ2) is 5.62. The fourth-order valence-electron chi connectivity index (χ4n) is 4.25. The molecular formula is C16H16F2N4O2. The Labute approximate surface area is 136 Å². The second-order valence-corrected chi connectivity index (χ2v) is 6.37.